The van der Waals surface area contributed by atoms with Crippen LogP contribution in [0.15, 0.2) is 48.8 Å². The predicted octanol–water partition coefficient (Wildman–Crippen LogP) is 4.80. The molecule has 1 aliphatic rings. The zero-order valence-corrected chi connectivity index (χ0v) is 20.9. The summed E-state index contributed by atoms with van der Waals surface area (Å²) in [4.78, 5) is 24.8. The van der Waals surface area contributed by atoms with Crippen molar-refractivity contribution in [2.24, 2.45) is 5.92 Å². The van der Waals surface area contributed by atoms with E-state index in [1.54, 1.807) is 6.33 Å². The predicted molar refractivity (Wildman–Crippen MR) is 139 cm³/mol. The van der Waals surface area contributed by atoms with Gasteiger partial charge in [-0.2, -0.15) is 14.6 Å². The van der Waals surface area contributed by atoms with Gasteiger partial charge in [0.2, 0.25) is 5.91 Å². The van der Waals surface area contributed by atoms with E-state index in [0.29, 0.717) is 12.3 Å². The van der Waals surface area contributed by atoms with E-state index in [9.17, 15) is 4.79 Å². The summed E-state index contributed by atoms with van der Waals surface area (Å²) < 4.78 is 1.83. The summed E-state index contributed by atoms with van der Waals surface area (Å²) in [7, 11) is 0. The van der Waals surface area contributed by atoms with E-state index in [4.69, 9.17) is 4.98 Å². The van der Waals surface area contributed by atoms with Crippen molar-refractivity contribution in [1.82, 2.24) is 19.6 Å². The number of benzene rings is 2. The zero-order valence-electron chi connectivity index (χ0n) is 20.9. The highest BCUT2D eigenvalue weighted by Gasteiger charge is 2.30. The molecular weight excluding hydrogens is 436 g/mol. The highest BCUT2D eigenvalue weighted by molar-refractivity contribution is 5.94. The van der Waals surface area contributed by atoms with Gasteiger partial charge in [0.05, 0.1) is 5.92 Å². The minimum atomic E-state index is -0.111. The van der Waals surface area contributed by atoms with Crippen molar-refractivity contribution in [3.8, 4) is 0 Å². The van der Waals surface area contributed by atoms with E-state index in [2.05, 4.69) is 77.5 Å². The largest absolute Gasteiger partial charge is 0.355 e. The van der Waals surface area contributed by atoms with Gasteiger partial charge in [-0.05, 0) is 57.2 Å². The van der Waals surface area contributed by atoms with Gasteiger partial charge in [-0.15, -0.1) is 0 Å². The Morgan fingerprint density at radius 3 is 2.57 bits per heavy atom. The smallest absolute Gasteiger partial charge is 0.254 e. The minimum absolute atomic E-state index is 0.0787. The maximum absolute atomic E-state index is 13.4. The number of carbonyl (C=O) groups excluding carboxylic acids is 1. The van der Waals surface area contributed by atoms with Crippen LogP contribution in [-0.4, -0.2) is 38.6 Å². The van der Waals surface area contributed by atoms with Crippen LogP contribution in [-0.2, 0) is 11.2 Å². The minimum Gasteiger partial charge on any atom is -0.355 e. The number of hydrogen-bond donors (Lipinski definition) is 1. The third-order valence-electron chi connectivity index (χ3n) is 6.95. The first-order valence-corrected chi connectivity index (χ1v) is 12.3. The fraction of sp³-hybridized carbons (Fsp3) is 0.357. The Morgan fingerprint density at radius 2 is 1.83 bits per heavy atom. The first-order chi connectivity index (χ1) is 16.9. The van der Waals surface area contributed by atoms with E-state index >= 15 is 0 Å². The second-order valence-corrected chi connectivity index (χ2v) is 9.68. The van der Waals surface area contributed by atoms with E-state index in [-0.39, 0.29) is 11.8 Å². The summed E-state index contributed by atoms with van der Waals surface area (Å²) >= 11 is 0. The molecule has 4 aromatic rings. The standard InChI is InChI=1S/C28H32N6O/c1-18-13-19(2)25(20(3)14-18)32-26(35)23-11-8-12-33(16-23)27-24(15-22-9-6-5-7-10-22)21(4)31-28-29-17-30-34(27)28/h5-7,9-10,13-14,17,23H,8,11-12,15-16H2,1-4H3,(H,32,35)/t23-/m0/s1. The second-order valence-electron chi connectivity index (χ2n) is 9.68. The van der Waals surface area contributed by atoms with E-state index in [1.807, 2.05) is 17.5 Å². The Hall–Kier alpha value is -3.74. The van der Waals surface area contributed by atoms with Crippen LogP contribution in [0.2, 0.25) is 0 Å². The average molecular weight is 469 g/mol. The summed E-state index contributed by atoms with van der Waals surface area (Å²) in [6.07, 6.45) is 4.10. The third kappa shape index (κ3) is 4.63. The van der Waals surface area contributed by atoms with Gasteiger partial charge in [0, 0.05) is 36.5 Å². The maximum Gasteiger partial charge on any atom is 0.254 e. The molecule has 7 nitrogen and oxygen atoms in total. The monoisotopic (exact) mass is 468 g/mol. The van der Waals surface area contributed by atoms with Crippen molar-refractivity contribution in [3.63, 3.8) is 0 Å². The second kappa shape index (κ2) is 9.49. The Balaban J connectivity index is 1.46. The molecular formula is C28H32N6O. The lowest BCUT2D eigenvalue weighted by Crippen LogP contribution is -2.42. The highest BCUT2D eigenvalue weighted by atomic mass is 16.1. The van der Waals surface area contributed by atoms with Crippen LogP contribution in [0.5, 0.6) is 0 Å². The van der Waals surface area contributed by atoms with Crippen LogP contribution in [0.3, 0.4) is 0 Å². The number of hydrogen-bond acceptors (Lipinski definition) is 5. The van der Waals surface area contributed by atoms with Gasteiger partial charge in [-0.1, -0.05) is 48.0 Å². The number of aryl methyl sites for hydroxylation is 4. The van der Waals surface area contributed by atoms with Gasteiger partial charge in [0.25, 0.3) is 5.78 Å². The molecule has 1 aliphatic heterocycles. The molecule has 7 heteroatoms. The van der Waals surface area contributed by atoms with Crippen molar-refractivity contribution in [2.45, 2.75) is 47.0 Å². The summed E-state index contributed by atoms with van der Waals surface area (Å²) in [5, 5.41) is 7.74. The maximum atomic E-state index is 13.4. The molecule has 1 saturated heterocycles. The normalized spacial score (nSPS) is 16.0. The van der Waals surface area contributed by atoms with E-state index in [1.165, 1.54) is 11.1 Å². The molecule has 0 saturated carbocycles. The Bertz CT molecular complexity index is 1350. The van der Waals surface area contributed by atoms with Crippen LogP contribution in [0.1, 0.15) is 46.4 Å². The molecule has 5 rings (SSSR count). The molecule has 1 fully saturated rings. The number of rotatable bonds is 5. The van der Waals surface area contributed by atoms with Gasteiger partial charge in [0.15, 0.2) is 0 Å². The number of carbonyl (C=O) groups is 1. The third-order valence-corrected chi connectivity index (χ3v) is 6.95. The van der Waals surface area contributed by atoms with Crippen LogP contribution in [0.25, 0.3) is 5.78 Å². The molecule has 2 aromatic heterocycles. The number of anilines is 2. The molecule has 0 bridgehead atoms. The molecule has 35 heavy (non-hydrogen) atoms. The topological polar surface area (TPSA) is 75.4 Å². The molecule has 3 heterocycles. The molecule has 1 amide bonds. The van der Waals surface area contributed by atoms with Crippen molar-refractivity contribution in [3.05, 3.63) is 82.3 Å². The lowest BCUT2D eigenvalue weighted by molar-refractivity contribution is -0.120. The molecule has 180 valence electrons. The zero-order chi connectivity index (χ0) is 24.5. The van der Waals surface area contributed by atoms with Crippen molar-refractivity contribution < 1.29 is 4.79 Å². The van der Waals surface area contributed by atoms with Gasteiger partial charge in [-0.25, -0.2) is 4.98 Å². The SMILES string of the molecule is Cc1cc(C)c(NC(=O)[C@H]2CCCN(c3c(Cc4ccccc4)c(C)nc4ncnn34)C2)c(C)c1. The number of piperidine rings is 1. The number of fused-ring (bicyclic) bond motifs is 1. The first-order valence-electron chi connectivity index (χ1n) is 12.3. The van der Waals surface area contributed by atoms with Crippen LogP contribution < -0.4 is 10.2 Å². The first kappa shape index (κ1) is 23.0. The number of amides is 1. The van der Waals surface area contributed by atoms with Crippen LogP contribution in [0.4, 0.5) is 11.5 Å². The molecule has 0 unspecified atom stereocenters. The van der Waals surface area contributed by atoms with Crippen molar-refractivity contribution >= 4 is 23.2 Å². The quantitative estimate of drug-likeness (QED) is 0.455. The fourth-order valence-electron chi connectivity index (χ4n) is 5.29. The van der Waals surface area contributed by atoms with Gasteiger partial charge < -0.3 is 10.2 Å². The Kier molecular flexibility index (Phi) is 6.24. The number of aromatic nitrogens is 4. The number of nitrogens with zero attached hydrogens (tertiary/aromatic N) is 5. The molecule has 2 aromatic carbocycles. The van der Waals surface area contributed by atoms with E-state index < -0.39 is 0 Å². The molecule has 0 aliphatic carbocycles. The van der Waals surface area contributed by atoms with Gasteiger partial charge in [0.1, 0.15) is 12.1 Å². The summed E-state index contributed by atoms with van der Waals surface area (Å²) in [6, 6.07) is 14.6. The van der Waals surface area contributed by atoms with Crippen molar-refractivity contribution in [1.29, 1.82) is 0 Å². The van der Waals surface area contributed by atoms with Crippen LogP contribution in [0, 0.1) is 33.6 Å². The Labute approximate surface area is 206 Å². The molecule has 1 atom stereocenters. The summed E-state index contributed by atoms with van der Waals surface area (Å²) in [6.45, 7) is 9.73. The average Bonchev–Trinajstić information content (AvgIpc) is 3.30. The number of nitrogens with one attached hydrogen (secondary N) is 1. The lowest BCUT2D eigenvalue weighted by atomic mass is 9.95. The molecule has 0 spiro atoms. The van der Waals surface area contributed by atoms with E-state index in [0.717, 1.165) is 59.7 Å². The Morgan fingerprint density at radius 1 is 1.09 bits per heavy atom. The molecule has 1 N–H and O–H groups in total. The fourth-order valence-corrected chi connectivity index (χ4v) is 5.29. The van der Waals surface area contributed by atoms with Crippen molar-refractivity contribution in [2.75, 3.05) is 23.3 Å². The van der Waals surface area contributed by atoms with Gasteiger partial charge >= 0.3 is 0 Å². The lowest BCUT2D eigenvalue weighted by Gasteiger charge is -2.35. The summed E-state index contributed by atoms with van der Waals surface area (Å²) in [5.74, 6) is 1.55. The van der Waals surface area contributed by atoms with Crippen LogP contribution >= 0.6 is 0 Å². The van der Waals surface area contributed by atoms with Gasteiger partial charge in [-0.3, -0.25) is 4.79 Å². The molecule has 0 radical (unpaired) electrons. The highest BCUT2D eigenvalue weighted by Crippen LogP contribution is 2.31. The summed E-state index contributed by atoms with van der Waals surface area (Å²) in [5.41, 5.74) is 7.63.